The Morgan fingerprint density at radius 2 is 1.48 bits per heavy atom. The lowest BCUT2D eigenvalue weighted by atomic mass is 10.1. The van der Waals surface area contributed by atoms with Gasteiger partial charge in [-0.15, -0.1) is 0 Å². The number of nitrogens with one attached hydrogen (secondary N) is 1. The first-order valence-electron chi connectivity index (χ1n) is 7.18. The van der Waals surface area contributed by atoms with Crippen LogP contribution in [0.25, 0.3) is 22.5 Å². The number of anilines is 1. The first-order chi connectivity index (χ1) is 10.1. The van der Waals surface area contributed by atoms with Gasteiger partial charge in [-0.25, -0.2) is 0 Å². The number of aryl methyl sites for hydroxylation is 1. The lowest BCUT2D eigenvalue weighted by Gasteiger charge is -2.12. The smallest absolute Gasteiger partial charge is 0.0488 e. The lowest BCUT2D eigenvalue weighted by Crippen LogP contribution is -2.07. The normalized spacial score (nSPS) is 10.6. The van der Waals surface area contributed by atoms with E-state index in [4.69, 9.17) is 0 Å². The molecule has 21 heavy (non-hydrogen) atoms. The number of benzene rings is 2. The molecule has 0 aliphatic heterocycles. The standard InChI is InChI=1S/C19H20N2/c1-14-13-18(15-9-11-17(12-10-15)21(2)3)20-19(14)16-7-5-4-6-8-16/h4-13,20H,1-3H3. The molecule has 0 fully saturated rings. The van der Waals surface area contributed by atoms with E-state index in [1.54, 1.807) is 0 Å². The summed E-state index contributed by atoms with van der Waals surface area (Å²) in [7, 11) is 4.11. The average Bonchev–Trinajstić information content (AvgIpc) is 2.90. The van der Waals surface area contributed by atoms with Gasteiger partial charge in [-0.3, -0.25) is 0 Å². The summed E-state index contributed by atoms with van der Waals surface area (Å²) in [6, 6.07) is 21.3. The predicted octanol–water partition coefficient (Wildman–Crippen LogP) is 4.72. The Morgan fingerprint density at radius 1 is 0.810 bits per heavy atom. The topological polar surface area (TPSA) is 19.0 Å². The molecule has 1 aromatic heterocycles. The fourth-order valence-electron chi connectivity index (χ4n) is 2.56. The summed E-state index contributed by atoms with van der Waals surface area (Å²) < 4.78 is 0. The fourth-order valence-corrected chi connectivity index (χ4v) is 2.56. The molecule has 2 nitrogen and oxygen atoms in total. The van der Waals surface area contributed by atoms with Crippen LogP contribution in [0.1, 0.15) is 5.56 Å². The van der Waals surface area contributed by atoms with Crippen LogP contribution in [-0.2, 0) is 0 Å². The van der Waals surface area contributed by atoms with Crippen molar-refractivity contribution in [2.75, 3.05) is 19.0 Å². The Bertz CT molecular complexity index is 722. The highest BCUT2D eigenvalue weighted by Gasteiger charge is 2.08. The van der Waals surface area contributed by atoms with E-state index in [0.717, 1.165) is 5.69 Å². The average molecular weight is 276 g/mol. The van der Waals surface area contributed by atoms with Gasteiger partial charge in [-0.05, 0) is 41.8 Å². The number of aromatic nitrogens is 1. The first-order valence-corrected chi connectivity index (χ1v) is 7.18. The SMILES string of the molecule is Cc1cc(-c2ccc(N(C)C)cc2)[nH]c1-c1ccccc1. The minimum Gasteiger partial charge on any atom is -0.378 e. The van der Waals surface area contributed by atoms with Gasteiger partial charge in [-0.2, -0.15) is 0 Å². The molecule has 0 saturated carbocycles. The number of H-pyrrole nitrogens is 1. The fraction of sp³-hybridized carbons (Fsp3) is 0.158. The number of hydrogen-bond acceptors (Lipinski definition) is 1. The minimum absolute atomic E-state index is 1.16. The number of hydrogen-bond donors (Lipinski definition) is 1. The Kier molecular flexibility index (Phi) is 3.53. The minimum atomic E-state index is 1.16. The van der Waals surface area contributed by atoms with E-state index in [1.807, 2.05) is 6.07 Å². The van der Waals surface area contributed by atoms with Crippen molar-refractivity contribution in [3.63, 3.8) is 0 Å². The van der Waals surface area contributed by atoms with Gasteiger partial charge in [0.05, 0.1) is 0 Å². The van der Waals surface area contributed by atoms with E-state index in [0.29, 0.717) is 0 Å². The zero-order chi connectivity index (χ0) is 14.8. The molecule has 2 heteroatoms. The molecule has 0 bridgehead atoms. The molecule has 0 spiro atoms. The molecule has 3 aromatic rings. The van der Waals surface area contributed by atoms with Gasteiger partial charge in [0.15, 0.2) is 0 Å². The lowest BCUT2D eigenvalue weighted by molar-refractivity contribution is 1.13. The van der Waals surface area contributed by atoms with E-state index in [9.17, 15) is 0 Å². The van der Waals surface area contributed by atoms with Crippen molar-refractivity contribution < 1.29 is 0 Å². The second kappa shape index (κ2) is 5.49. The highest BCUT2D eigenvalue weighted by atomic mass is 15.1. The van der Waals surface area contributed by atoms with Gasteiger partial charge in [0.2, 0.25) is 0 Å². The quantitative estimate of drug-likeness (QED) is 0.733. The van der Waals surface area contributed by atoms with Crippen molar-refractivity contribution >= 4 is 5.69 Å². The van der Waals surface area contributed by atoms with Gasteiger partial charge in [0.1, 0.15) is 0 Å². The summed E-state index contributed by atoms with van der Waals surface area (Å²) in [5.74, 6) is 0. The molecular formula is C19H20N2. The van der Waals surface area contributed by atoms with Gasteiger partial charge in [0.25, 0.3) is 0 Å². The zero-order valence-corrected chi connectivity index (χ0v) is 12.7. The van der Waals surface area contributed by atoms with Crippen LogP contribution >= 0.6 is 0 Å². The second-order valence-electron chi connectivity index (χ2n) is 5.55. The van der Waals surface area contributed by atoms with Crippen LogP contribution in [0.4, 0.5) is 5.69 Å². The molecule has 0 saturated heterocycles. The molecule has 0 radical (unpaired) electrons. The summed E-state index contributed by atoms with van der Waals surface area (Å²) in [4.78, 5) is 5.66. The molecule has 1 N–H and O–H groups in total. The Balaban J connectivity index is 1.97. The maximum absolute atomic E-state index is 3.55. The van der Waals surface area contributed by atoms with Gasteiger partial charge in [-0.1, -0.05) is 42.5 Å². The third-order valence-corrected chi connectivity index (χ3v) is 3.77. The Hall–Kier alpha value is -2.48. The van der Waals surface area contributed by atoms with Crippen molar-refractivity contribution in [2.45, 2.75) is 6.92 Å². The van der Waals surface area contributed by atoms with Gasteiger partial charge >= 0.3 is 0 Å². The van der Waals surface area contributed by atoms with Gasteiger partial charge < -0.3 is 9.88 Å². The second-order valence-corrected chi connectivity index (χ2v) is 5.55. The highest BCUT2D eigenvalue weighted by Crippen LogP contribution is 2.29. The van der Waals surface area contributed by atoms with E-state index in [2.05, 4.69) is 85.5 Å². The van der Waals surface area contributed by atoms with Crippen LogP contribution in [-0.4, -0.2) is 19.1 Å². The summed E-state index contributed by atoms with van der Waals surface area (Å²) in [5.41, 5.74) is 7.29. The monoisotopic (exact) mass is 276 g/mol. The van der Waals surface area contributed by atoms with Crippen LogP contribution in [0.2, 0.25) is 0 Å². The first kappa shape index (κ1) is 13.5. The molecule has 0 aliphatic carbocycles. The highest BCUT2D eigenvalue weighted by molar-refractivity contribution is 5.72. The van der Waals surface area contributed by atoms with Crippen LogP contribution in [0.3, 0.4) is 0 Å². The summed E-state index contributed by atoms with van der Waals surface area (Å²) in [5, 5.41) is 0. The third-order valence-electron chi connectivity index (χ3n) is 3.77. The molecule has 0 unspecified atom stereocenters. The summed E-state index contributed by atoms with van der Waals surface area (Å²) in [6.07, 6.45) is 0. The van der Waals surface area contributed by atoms with Crippen LogP contribution < -0.4 is 4.90 Å². The van der Waals surface area contributed by atoms with Crippen LogP contribution in [0.5, 0.6) is 0 Å². The van der Waals surface area contributed by atoms with Crippen molar-refractivity contribution in [2.24, 2.45) is 0 Å². The molecule has 106 valence electrons. The molecule has 2 aromatic carbocycles. The van der Waals surface area contributed by atoms with E-state index in [1.165, 1.54) is 28.1 Å². The molecule has 0 atom stereocenters. The van der Waals surface area contributed by atoms with Crippen LogP contribution in [0.15, 0.2) is 60.7 Å². The molecular weight excluding hydrogens is 256 g/mol. The molecule has 3 rings (SSSR count). The molecule has 0 amide bonds. The van der Waals surface area contributed by atoms with E-state index in [-0.39, 0.29) is 0 Å². The Labute approximate surface area is 126 Å². The number of rotatable bonds is 3. The summed E-state index contributed by atoms with van der Waals surface area (Å²) >= 11 is 0. The zero-order valence-electron chi connectivity index (χ0n) is 12.7. The number of aromatic amines is 1. The number of nitrogens with zero attached hydrogens (tertiary/aromatic N) is 1. The summed E-state index contributed by atoms with van der Waals surface area (Å²) in [6.45, 7) is 2.15. The van der Waals surface area contributed by atoms with Gasteiger partial charge in [0, 0.05) is 31.2 Å². The van der Waals surface area contributed by atoms with E-state index < -0.39 is 0 Å². The molecule has 0 aliphatic rings. The van der Waals surface area contributed by atoms with Crippen molar-refractivity contribution in [1.29, 1.82) is 0 Å². The maximum atomic E-state index is 3.55. The predicted molar refractivity (Wildman–Crippen MR) is 90.7 cm³/mol. The third kappa shape index (κ3) is 2.70. The molecule has 1 heterocycles. The van der Waals surface area contributed by atoms with Crippen molar-refractivity contribution in [3.05, 3.63) is 66.2 Å². The van der Waals surface area contributed by atoms with Crippen molar-refractivity contribution in [3.8, 4) is 22.5 Å². The van der Waals surface area contributed by atoms with Crippen molar-refractivity contribution in [1.82, 2.24) is 4.98 Å². The van der Waals surface area contributed by atoms with Crippen LogP contribution in [0, 0.1) is 6.92 Å². The largest absolute Gasteiger partial charge is 0.378 e. The maximum Gasteiger partial charge on any atom is 0.0488 e. The van der Waals surface area contributed by atoms with E-state index >= 15 is 0 Å². The Morgan fingerprint density at radius 3 is 2.10 bits per heavy atom.